The van der Waals surface area contributed by atoms with Crippen LogP contribution < -0.4 is 10.1 Å². The molecule has 0 saturated carbocycles. The minimum absolute atomic E-state index is 0.581. The van der Waals surface area contributed by atoms with Crippen LogP contribution in [0.5, 0.6) is 5.75 Å². The van der Waals surface area contributed by atoms with Crippen molar-refractivity contribution in [3.05, 3.63) is 64.2 Å². The SMILES string of the molecule is CCCCCCNCc1cc(Cl)ccc1OCc1ccccc1C. The lowest BCUT2D eigenvalue weighted by molar-refractivity contribution is 0.301. The molecule has 0 radical (unpaired) electrons. The van der Waals surface area contributed by atoms with Gasteiger partial charge in [-0.05, 0) is 49.2 Å². The number of nitrogens with one attached hydrogen (secondary N) is 1. The van der Waals surface area contributed by atoms with Crippen molar-refractivity contribution in [1.29, 1.82) is 0 Å². The number of hydrogen-bond donors (Lipinski definition) is 1. The molecular weight excluding hydrogens is 318 g/mol. The van der Waals surface area contributed by atoms with E-state index < -0.39 is 0 Å². The number of aryl methyl sites for hydroxylation is 1. The zero-order chi connectivity index (χ0) is 17.2. The monoisotopic (exact) mass is 345 g/mol. The van der Waals surface area contributed by atoms with Crippen LogP contribution in [-0.4, -0.2) is 6.54 Å². The Balaban J connectivity index is 1.91. The first-order chi connectivity index (χ1) is 11.7. The van der Waals surface area contributed by atoms with E-state index in [1.165, 1.54) is 36.8 Å². The van der Waals surface area contributed by atoms with Crippen LogP contribution in [-0.2, 0) is 13.2 Å². The molecule has 0 bridgehead atoms. The molecule has 0 amide bonds. The van der Waals surface area contributed by atoms with Crippen LogP contribution in [0.15, 0.2) is 42.5 Å². The Hall–Kier alpha value is -1.51. The highest BCUT2D eigenvalue weighted by Crippen LogP contribution is 2.24. The summed E-state index contributed by atoms with van der Waals surface area (Å²) in [6, 6.07) is 14.2. The third-order valence-corrected chi connectivity index (χ3v) is 4.42. The van der Waals surface area contributed by atoms with Gasteiger partial charge in [0.05, 0.1) is 0 Å². The molecular formula is C21H28ClNO. The maximum Gasteiger partial charge on any atom is 0.124 e. The Labute approximate surface area is 151 Å². The first-order valence-corrected chi connectivity index (χ1v) is 9.25. The Morgan fingerprint density at radius 3 is 2.62 bits per heavy atom. The van der Waals surface area contributed by atoms with Crippen molar-refractivity contribution >= 4 is 11.6 Å². The van der Waals surface area contributed by atoms with Gasteiger partial charge in [-0.1, -0.05) is 62.1 Å². The zero-order valence-electron chi connectivity index (χ0n) is 14.8. The molecule has 0 aliphatic rings. The van der Waals surface area contributed by atoms with Gasteiger partial charge in [0.25, 0.3) is 0 Å². The highest BCUT2D eigenvalue weighted by molar-refractivity contribution is 6.30. The lowest BCUT2D eigenvalue weighted by Crippen LogP contribution is -2.15. The molecule has 0 atom stereocenters. The second kappa shape index (κ2) is 10.4. The molecule has 24 heavy (non-hydrogen) atoms. The molecule has 0 unspecified atom stereocenters. The van der Waals surface area contributed by atoms with E-state index in [1.54, 1.807) is 0 Å². The van der Waals surface area contributed by atoms with Gasteiger partial charge in [0.1, 0.15) is 12.4 Å². The van der Waals surface area contributed by atoms with Gasteiger partial charge in [0.2, 0.25) is 0 Å². The Morgan fingerprint density at radius 2 is 1.83 bits per heavy atom. The quantitative estimate of drug-likeness (QED) is 0.541. The van der Waals surface area contributed by atoms with Crippen molar-refractivity contribution in [3.63, 3.8) is 0 Å². The third kappa shape index (κ3) is 6.18. The fourth-order valence-electron chi connectivity index (χ4n) is 2.65. The maximum absolute atomic E-state index is 6.16. The van der Waals surface area contributed by atoms with Crippen molar-refractivity contribution in [2.45, 2.75) is 52.7 Å². The number of rotatable bonds is 10. The van der Waals surface area contributed by atoms with E-state index in [0.29, 0.717) is 6.61 Å². The van der Waals surface area contributed by atoms with Crippen LogP contribution in [0.2, 0.25) is 5.02 Å². The summed E-state index contributed by atoms with van der Waals surface area (Å²) in [6.45, 7) is 6.74. The molecule has 2 nitrogen and oxygen atoms in total. The van der Waals surface area contributed by atoms with E-state index in [2.05, 4.69) is 37.4 Å². The molecule has 0 aliphatic carbocycles. The van der Waals surface area contributed by atoms with E-state index in [9.17, 15) is 0 Å². The Morgan fingerprint density at radius 1 is 1.00 bits per heavy atom. The first kappa shape index (κ1) is 18.8. The normalized spacial score (nSPS) is 10.8. The number of unbranched alkanes of at least 4 members (excludes halogenated alkanes) is 3. The van der Waals surface area contributed by atoms with Crippen molar-refractivity contribution < 1.29 is 4.74 Å². The predicted octanol–water partition coefficient (Wildman–Crippen LogP) is 5.90. The Kier molecular flexibility index (Phi) is 8.14. The summed E-state index contributed by atoms with van der Waals surface area (Å²) in [5.74, 6) is 0.906. The van der Waals surface area contributed by atoms with Gasteiger partial charge in [-0.15, -0.1) is 0 Å². The largest absolute Gasteiger partial charge is 0.489 e. The smallest absolute Gasteiger partial charge is 0.124 e. The van der Waals surface area contributed by atoms with Gasteiger partial charge in [0, 0.05) is 17.1 Å². The van der Waals surface area contributed by atoms with Crippen molar-refractivity contribution in [1.82, 2.24) is 5.32 Å². The standard InChI is InChI=1S/C21H28ClNO/c1-3-4-5-8-13-23-15-19-14-20(22)11-12-21(19)24-16-18-10-7-6-9-17(18)2/h6-7,9-12,14,23H,3-5,8,13,15-16H2,1-2H3. The highest BCUT2D eigenvalue weighted by Gasteiger charge is 2.06. The number of ether oxygens (including phenoxy) is 1. The van der Waals surface area contributed by atoms with Gasteiger partial charge >= 0.3 is 0 Å². The molecule has 130 valence electrons. The van der Waals surface area contributed by atoms with Crippen LogP contribution in [0.1, 0.15) is 49.3 Å². The molecule has 1 N–H and O–H groups in total. The van der Waals surface area contributed by atoms with Crippen LogP contribution in [0, 0.1) is 6.92 Å². The van der Waals surface area contributed by atoms with E-state index in [4.69, 9.17) is 16.3 Å². The third-order valence-electron chi connectivity index (χ3n) is 4.19. The minimum atomic E-state index is 0.581. The lowest BCUT2D eigenvalue weighted by Gasteiger charge is -2.14. The highest BCUT2D eigenvalue weighted by atomic mass is 35.5. The molecule has 0 saturated heterocycles. The van der Waals surface area contributed by atoms with Gasteiger partial charge in [-0.3, -0.25) is 0 Å². The Bertz CT molecular complexity index is 627. The van der Waals surface area contributed by atoms with E-state index in [1.807, 2.05) is 24.3 Å². The summed E-state index contributed by atoms with van der Waals surface area (Å²) in [7, 11) is 0. The van der Waals surface area contributed by atoms with E-state index in [-0.39, 0.29) is 0 Å². The van der Waals surface area contributed by atoms with Gasteiger partial charge in [0.15, 0.2) is 0 Å². The van der Waals surface area contributed by atoms with Crippen LogP contribution in [0.25, 0.3) is 0 Å². The number of halogens is 1. The maximum atomic E-state index is 6.16. The molecule has 0 aromatic heterocycles. The molecule has 2 aromatic rings. The summed E-state index contributed by atoms with van der Waals surface area (Å²) in [4.78, 5) is 0. The van der Waals surface area contributed by atoms with E-state index in [0.717, 1.165) is 29.4 Å². The summed E-state index contributed by atoms with van der Waals surface area (Å²) < 4.78 is 6.06. The average Bonchev–Trinajstić information content (AvgIpc) is 2.58. The van der Waals surface area contributed by atoms with Crippen LogP contribution in [0.3, 0.4) is 0 Å². The minimum Gasteiger partial charge on any atom is -0.489 e. The molecule has 2 rings (SSSR count). The van der Waals surface area contributed by atoms with Gasteiger partial charge < -0.3 is 10.1 Å². The predicted molar refractivity (Wildman–Crippen MR) is 103 cm³/mol. The molecule has 3 heteroatoms. The van der Waals surface area contributed by atoms with Crippen LogP contribution >= 0.6 is 11.6 Å². The van der Waals surface area contributed by atoms with Crippen LogP contribution in [0.4, 0.5) is 0 Å². The van der Waals surface area contributed by atoms with E-state index >= 15 is 0 Å². The summed E-state index contributed by atoms with van der Waals surface area (Å²) >= 11 is 6.16. The number of benzene rings is 2. The fraction of sp³-hybridized carbons (Fsp3) is 0.429. The second-order valence-corrected chi connectivity index (χ2v) is 6.64. The molecule has 0 fully saturated rings. The van der Waals surface area contributed by atoms with Gasteiger partial charge in [-0.2, -0.15) is 0 Å². The fourth-order valence-corrected chi connectivity index (χ4v) is 2.85. The summed E-state index contributed by atoms with van der Waals surface area (Å²) in [6.07, 6.45) is 5.08. The topological polar surface area (TPSA) is 21.3 Å². The zero-order valence-corrected chi connectivity index (χ0v) is 15.5. The second-order valence-electron chi connectivity index (χ2n) is 6.20. The van der Waals surface area contributed by atoms with Gasteiger partial charge in [-0.25, -0.2) is 0 Å². The molecule has 0 aliphatic heterocycles. The first-order valence-electron chi connectivity index (χ1n) is 8.87. The van der Waals surface area contributed by atoms with Crippen molar-refractivity contribution in [2.24, 2.45) is 0 Å². The van der Waals surface area contributed by atoms with Crippen molar-refractivity contribution in [3.8, 4) is 5.75 Å². The summed E-state index contributed by atoms with van der Waals surface area (Å²) in [5, 5.41) is 4.25. The van der Waals surface area contributed by atoms with Crippen molar-refractivity contribution in [2.75, 3.05) is 6.54 Å². The summed E-state index contributed by atoms with van der Waals surface area (Å²) in [5.41, 5.74) is 3.58. The average molecular weight is 346 g/mol. The lowest BCUT2D eigenvalue weighted by atomic mass is 10.1. The molecule has 0 heterocycles. The molecule has 2 aromatic carbocycles. The molecule has 0 spiro atoms. The number of hydrogen-bond acceptors (Lipinski definition) is 2.